The Bertz CT molecular complexity index is 1090. The van der Waals surface area contributed by atoms with Crippen LogP contribution < -0.4 is 5.32 Å². The van der Waals surface area contributed by atoms with Crippen LogP contribution in [-0.4, -0.2) is 29.2 Å². The van der Waals surface area contributed by atoms with Crippen molar-refractivity contribution in [2.75, 3.05) is 7.11 Å². The summed E-state index contributed by atoms with van der Waals surface area (Å²) in [7, 11) is 1.36. The first-order chi connectivity index (χ1) is 14.0. The van der Waals surface area contributed by atoms with E-state index in [0.29, 0.717) is 12.0 Å². The molecule has 7 heteroatoms. The number of aromatic nitrogens is 2. The number of benzene rings is 2. The number of amides is 1. The molecule has 1 amide bonds. The normalized spacial score (nSPS) is 15.6. The van der Waals surface area contributed by atoms with Gasteiger partial charge in [0, 0.05) is 11.1 Å². The number of esters is 1. The molecule has 0 spiro atoms. The predicted molar refractivity (Wildman–Crippen MR) is 118 cm³/mol. The third kappa shape index (κ3) is 3.55. The number of rotatable bonds is 4. The van der Waals surface area contributed by atoms with Gasteiger partial charge in [-0.2, -0.15) is 5.10 Å². The third-order valence-electron chi connectivity index (χ3n) is 5.31. The van der Waals surface area contributed by atoms with Gasteiger partial charge >= 0.3 is 5.97 Å². The zero-order valence-electron chi connectivity index (χ0n) is 16.1. The summed E-state index contributed by atoms with van der Waals surface area (Å²) in [5.41, 5.74) is 6.26. The summed E-state index contributed by atoms with van der Waals surface area (Å²) in [6.07, 6.45) is 1.59. The molecule has 1 unspecified atom stereocenters. The van der Waals surface area contributed by atoms with E-state index in [-0.39, 0.29) is 17.9 Å². The number of carbonyl (C=O) groups is 2. The van der Waals surface area contributed by atoms with Gasteiger partial charge in [0.15, 0.2) is 0 Å². The van der Waals surface area contributed by atoms with Crippen molar-refractivity contribution < 1.29 is 14.3 Å². The van der Waals surface area contributed by atoms with Crippen molar-refractivity contribution in [3.63, 3.8) is 0 Å². The van der Waals surface area contributed by atoms with Crippen molar-refractivity contribution in [3.8, 4) is 11.1 Å². The Hall–Kier alpha value is -2.68. The van der Waals surface area contributed by atoms with Gasteiger partial charge in [0.25, 0.3) is 5.91 Å². The lowest BCUT2D eigenvalue weighted by Gasteiger charge is -2.27. The van der Waals surface area contributed by atoms with E-state index in [1.54, 1.807) is 12.1 Å². The first-order valence-corrected chi connectivity index (χ1v) is 10.5. The molecule has 0 fully saturated rings. The van der Waals surface area contributed by atoms with E-state index in [1.807, 2.05) is 24.3 Å². The van der Waals surface area contributed by atoms with Gasteiger partial charge in [-0.05, 0) is 70.3 Å². The maximum atomic E-state index is 12.7. The minimum absolute atomic E-state index is 0.0665. The molecular formula is C22H20IN3O3. The fourth-order valence-corrected chi connectivity index (χ4v) is 4.56. The topological polar surface area (TPSA) is 84.1 Å². The average Bonchev–Trinajstić information content (AvgIpc) is 3.14. The van der Waals surface area contributed by atoms with E-state index < -0.39 is 0 Å². The Balaban J connectivity index is 1.73. The summed E-state index contributed by atoms with van der Waals surface area (Å²) in [5.74, 6) is -0.440. The molecular weight excluding hydrogens is 481 g/mol. The zero-order valence-corrected chi connectivity index (χ0v) is 18.2. The van der Waals surface area contributed by atoms with E-state index in [4.69, 9.17) is 4.74 Å². The zero-order chi connectivity index (χ0) is 20.5. The quantitative estimate of drug-likeness (QED) is 0.418. The van der Waals surface area contributed by atoms with Crippen molar-refractivity contribution in [1.82, 2.24) is 15.5 Å². The van der Waals surface area contributed by atoms with Gasteiger partial charge in [-0.3, -0.25) is 9.89 Å². The number of halogens is 1. The molecule has 1 aliphatic rings. The molecule has 0 radical (unpaired) electrons. The van der Waals surface area contributed by atoms with Gasteiger partial charge in [0.1, 0.15) is 3.70 Å². The van der Waals surface area contributed by atoms with Crippen molar-refractivity contribution in [3.05, 3.63) is 74.1 Å². The van der Waals surface area contributed by atoms with Crippen LogP contribution in [0.3, 0.4) is 0 Å². The molecule has 0 bridgehead atoms. The molecule has 2 N–H and O–H groups in total. The number of aromatic amines is 1. The Morgan fingerprint density at radius 1 is 1.24 bits per heavy atom. The molecule has 1 aromatic heterocycles. The molecule has 0 saturated carbocycles. The number of fused-ring (bicyclic) bond motifs is 1. The molecule has 4 rings (SSSR count). The maximum Gasteiger partial charge on any atom is 0.337 e. The first-order valence-electron chi connectivity index (χ1n) is 9.37. The summed E-state index contributed by atoms with van der Waals surface area (Å²) in [6, 6.07) is 12.9. The molecule has 29 heavy (non-hydrogen) atoms. The Kier molecular flexibility index (Phi) is 5.40. The SMILES string of the molecule is CCc1cccc2c1CC(c1[nH]nc(I)c1-c1ccc(C(=O)OC)cc1)NC2=O. The molecule has 0 aliphatic carbocycles. The molecule has 0 saturated heterocycles. The van der Waals surface area contributed by atoms with E-state index in [2.05, 4.69) is 51.1 Å². The highest BCUT2D eigenvalue weighted by atomic mass is 127. The Morgan fingerprint density at radius 2 is 2.00 bits per heavy atom. The second kappa shape index (κ2) is 7.98. The summed E-state index contributed by atoms with van der Waals surface area (Å²) < 4.78 is 5.58. The molecule has 148 valence electrons. The Labute approximate surface area is 182 Å². The smallest absolute Gasteiger partial charge is 0.337 e. The highest BCUT2D eigenvalue weighted by Gasteiger charge is 2.30. The first kappa shape index (κ1) is 19.6. The van der Waals surface area contributed by atoms with Gasteiger partial charge in [0.2, 0.25) is 0 Å². The summed E-state index contributed by atoms with van der Waals surface area (Å²) in [6.45, 7) is 2.10. The van der Waals surface area contributed by atoms with Crippen LogP contribution in [-0.2, 0) is 17.6 Å². The van der Waals surface area contributed by atoms with Gasteiger partial charge in [-0.15, -0.1) is 0 Å². The lowest BCUT2D eigenvalue weighted by atomic mass is 9.87. The Morgan fingerprint density at radius 3 is 2.69 bits per heavy atom. The monoisotopic (exact) mass is 501 g/mol. The fraction of sp³-hybridized carbons (Fsp3) is 0.227. The highest BCUT2D eigenvalue weighted by molar-refractivity contribution is 14.1. The van der Waals surface area contributed by atoms with Gasteiger partial charge in [0.05, 0.1) is 24.4 Å². The van der Waals surface area contributed by atoms with Gasteiger partial charge in [-0.25, -0.2) is 4.79 Å². The van der Waals surface area contributed by atoms with Crippen LogP contribution in [0.5, 0.6) is 0 Å². The number of hydrogen-bond acceptors (Lipinski definition) is 4. The number of nitrogens with one attached hydrogen (secondary N) is 2. The standard InChI is InChI=1S/C22H20IN3O3/c1-3-12-5-4-6-15-16(12)11-17(24-21(15)27)19-18(20(23)26-25-19)13-7-9-14(10-8-13)22(28)29-2/h4-10,17H,3,11H2,1-2H3,(H,24,27)(H,25,26). The van der Waals surface area contributed by atoms with Crippen molar-refractivity contribution >= 4 is 34.5 Å². The fourth-order valence-electron chi connectivity index (χ4n) is 3.83. The number of aryl methyl sites for hydroxylation is 1. The van der Waals surface area contributed by atoms with E-state index >= 15 is 0 Å². The molecule has 2 aromatic carbocycles. The van der Waals surface area contributed by atoms with Crippen LogP contribution >= 0.6 is 22.6 Å². The van der Waals surface area contributed by atoms with Gasteiger partial charge < -0.3 is 10.1 Å². The second-order valence-electron chi connectivity index (χ2n) is 6.90. The van der Waals surface area contributed by atoms with Crippen molar-refractivity contribution in [2.45, 2.75) is 25.8 Å². The minimum atomic E-state index is -0.373. The number of H-pyrrole nitrogens is 1. The molecule has 1 atom stereocenters. The molecule has 2 heterocycles. The maximum absolute atomic E-state index is 12.7. The van der Waals surface area contributed by atoms with Crippen molar-refractivity contribution in [2.24, 2.45) is 0 Å². The second-order valence-corrected chi connectivity index (χ2v) is 7.92. The molecule has 6 nitrogen and oxygen atoms in total. The third-order valence-corrected chi connectivity index (χ3v) is 6.09. The van der Waals surface area contributed by atoms with Crippen LogP contribution in [0.25, 0.3) is 11.1 Å². The lowest BCUT2D eigenvalue weighted by molar-refractivity contribution is 0.0600. The largest absolute Gasteiger partial charge is 0.465 e. The van der Waals surface area contributed by atoms with Crippen molar-refractivity contribution in [1.29, 1.82) is 0 Å². The summed E-state index contributed by atoms with van der Waals surface area (Å²) >= 11 is 2.18. The highest BCUT2D eigenvalue weighted by Crippen LogP contribution is 2.35. The number of nitrogens with zero attached hydrogens (tertiary/aromatic N) is 1. The number of methoxy groups -OCH3 is 1. The summed E-state index contributed by atoms with van der Waals surface area (Å²) in [4.78, 5) is 24.5. The molecule has 1 aliphatic heterocycles. The predicted octanol–water partition coefficient (Wildman–Crippen LogP) is 4.06. The van der Waals surface area contributed by atoms with E-state index in [0.717, 1.165) is 38.1 Å². The van der Waals surface area contributed by atoms with Gasteiger partial charge in [-0.1, -0.05) is 31.2 Å². The van der Waals surface area contributed by atoms with E-state index in [1.165, 1.54) is 12.7 Å². The van der Waals surface area contributed by atoms with Crippen LogP contribution in [0.4, 0.5) is 0 Å². The van der Waals surface area contributed by atoms with Crippen LogP contribution in [0.15, 0.2) is 42.5 Å². The van der Waals surface area contributed by atoms with Crippen LogP contribution in [0.2, 0.25) is 0 Å². The van der Waals surface area contributed by atoms with Crippen LogP contribution in [0, 0.1) is 3.70 Å². The van der Waals surface area contributed by atoms with Crippen LogP contribution in [0.1, 0.15) is 50.5 Å². The molecule has 3 aromatic rings. The number of carbonyl (C=O) groups excluding carboxylic acids is 2. The number of hydrogen-bond donors (Lipinski definition) is 2. The minimum Gasteiger partial charge on any atom is -0.465 e. The lowest BCUT2D eigenvalue weighted by Crippen LogP contribution is -2.36. The summed E-state index contributed by atoms with van der Waals surface area (Å²) in [5, 5.41) is 10.6. The average molecular weight is 501 g/mol. The number of ether oxygens (including phenoxy) is 1. The van der Waals surface area contributed by atoms with E-state index in [9.17, 15) is 9.59 Å².